The van der Waals surface area contributed by atoms with E-state index in [0.717, 1.165) is 0 Å². The molecule has 1 aliphatic rings. The van der Waals surface area contributed by atoms with Gasteiger partial charge in [-0.2, -0.15) is 0 Å². The van der Waals surface area contributed by atoms with Gasteiger partial charge in [-0.15, -0.1) is 0 Å². The van der Waals surface area contributed by atoms with E-state index in [1.165, 1.54) is 12.1 Å². The lowest BCUT2D eigenvalue weighted by molar-refractivity contribution is -0.384. The Balaban J connectivity index is 1.53. The highest BCUT2D eigenvalue weighted by Gasteiger charge is 2.18. The highest BCUT2D eigenvalue weighted by Crippen LogP contribution is 2.31. The van der Waals surface area contributed by atoms with E-state index in [0.29, 0.717) is 35.8 Å². The number of nitro groups is 1. The molecule has 0 unspecified atom stereocenters. The molecule has 28 heavy (non-hydrogen) atoms. The van der Waals surface area contributed by atoms with E-state index < -0.39 is 23.4 Å². The maximum Gasteiger partial charge on any atom is 0.310 e. The van der Waals surface area contributed by atoms with E-state index >= 15 is 0 Å². The van der Waals surface area contributed by atoms with Crippen LogP contribution >= 0.6 is 0 Å². The normalized spacial score (nSPS) is 12.2. The Morgan fingerprint density at radius 1 is 1.14 bits per heavy atom. The first-order valence-electron chi connectivity index (χ1n) is 8.51. The van der Waals surface area contributed by atoms with Gasteiger partial charge in [0.2, 0.25) is 0 Å². The molecule has 0 saturated heterocycles. The zero-order chi connectivity index (χ0) is 20.1. The van der Waals surface area contributed by atoms with Crippen LogP contribution in [0.3, 0.4) is 0 Å². The number of benzene rings is 2. The van der Waals surface area contributed by atoms with Crippen molar-refractivity contribution in [2.24, 2.45) is 0 Å². The maximum absolute atomic E-state index is 12.0. The third-order valence-corrected chi connectivity index (χ3v) is 3.94. The Labute approximate surface area is 160 Å². The van der Waals surface area contributed by atoms with Gasteiger partial charge < -0.3 is 19.5 Å². The van der Waals surface area contributed by atoms with Crippen molar-refractivity contribution < 1.29 is 28.7 Å². The molecule has 0 aliphatic carbocycles. The number of anilines is 1. The molecule has 0 radical (unpaired) electrons. The number of aryl methyl sites for hydroxylation is 1. The van der Waals surface area contributed by atoms with Crippen molar-refractivity contribution in [3.63, 3.8) is 0 Å². The van der Waals surface area contributed by atoms with Gasteiger partial charge in [0.05, 0.1) is 11.3 Å². The largest absolute Gasteiger partial charge is 0.486 e. The summed E-state index contributed by atoms with van der Waals surface area (Å²) in [7, 11) is 0. The molecule has 3 rings (SSSR count). The summed E-state index contributed by atoms with van der Waals surface area (Å²) in [6.45, 7) is 2.07. The molecule has 0 spiro atoms. The van der Waals surface area contributed by atoms with E-state index in [4.69, 9.17) is 14.2 Å². The van der Waals surface area contributed by atoms with Gasteiger partial charge in [-0.3, -0.25) is 19.7 Å². The molecule has 0 bridgehead atoms. The van der Waals surface area contributed by atoms with Crippen molar-refractivity contribution in [2.75, 3.05) is 25.1 Å². The lowest BCUT2D eigenvalue weighted by Gasteiger charge is -2.18. The number of carbonyl (C=O) groups is 2. The number of nitrogens with zero attached hydrogens (tertiary/aromatic N) is 1. The van der Waals surface area contributed by atoms with Crippen molar-refractivity contribution in [2.45, 2.75) is 13.3 Å². The number of esters is 1. The van der Waals surface area contributed by atoms with Crippen LogP contribution in [0.15, 0.2) is 36.4 Å². The Morgan fingerprint density at radius 3 is 2.64 bits per heavy atom. The van der Waals surface area contributed by atoms with Crippen molar-refractivity contribution in [3.05, 3.63) is 57.6 Å². The second kappa shape index (κ2) is 8.38. The van der Waals surface area contributed by atoms with Crippen LogP contribution in [0.5, 0.6) is 11.5 Å². The summed E-state index contributed by atoms with van der Waals surface area (Å²) in [5, 5.41) is 13.5. The summed E-state index contributed by atoms with van der Waals surface area (Å²) < 4.78 is 15.8. The lowest BCUT2D eigenvalue weighted by Crippen LogP contribution is -2.22. The number of fused-ring (bicyclic) bond motifs is 1. The summed E-state index contributed by atoms with van der Waals surface area (Å²) in [6.07, 6.45) is -0.0470. The van der Waals surface area contributed by atoms with E-state index in [-0.39, 0.29) is 17.8 Å². The average Bonchev–Trinajstić information content (AvgIpc) is 2.67. The zero-order valence-electron chi connectivity index (χ0n) is 15.1. The molecular formula is C19H18N2O7. The van der Waals surface area contributed by atoms with E-state index in [9.17, 15) is 19.7 Å². The van der Waals surface area contributed by atoms with Crippen molar-refractivity contribution in [1.29, 1.82) is 0 Å². The van der Waals surface area contributed by atoms with Crippen LogP contribution in [-0.4, -0.2) is 36.6 Å². The third kappa shape index (κ3) is 4.76. The maximum atomic E-state index is 12.0. The van der Waals surface area contributed by atoms with E-state index in [1.54, 1.807) is 31.2 Å². The van der Waals surface area contributed by atoms with Crippen LogP contribution in [0.2, 0.25) is 0 Å². The molecule has 0 saturated carbocycles. The second-order valence-electron chi connectivity index (χ2n) is 6.14. The number of carbonyl (C=O) groups excluding carboxylic acids is 2. The smallest absolute Gasteiger partial charge is 0.310 e. The van der Waals surface area contributed by atoms with Crippen LogP contribution in [-0.2, 0) is 20.7 Å². The molecule has 2 aromatic rings. The Hall–Kier alpha value is -3.62. The van der Waals surface area contributed by atoms with Gasteiger partial charge in [-0.25, -0.2) is 0 Å². The van der Waals surface area contributed by atoms with Gasteiger partial charge in [0, 0.05) is 6.07 Å². The van der Waals surface area contributed by atoms with Crippen LogP contribution in [0.25, 0.3) is 0 Å². The van der Waals surface area contributed by atoms with Crippen LogP contribution in [0.4, 0.5) is 11.4 Å². The van der Waals surface area contributed by atoms with Gasteiger partial charge in [-0.05, 0) is 36.2 Å². The Bertz CT molecular complexity index is 926. The van der Waals surface area contributed by atoms with Crippen LogP contribution in [0, 0.1) is 17.0 Å². The fourth-order valence-corrected chi connectivity index (χ4v) is 2.65. The Morgan fingerprint density at radius 2 is 1.89 bits per heavy atom. The standard InChI is InChI=1S/C19H18N2O7/c1-12-2-4-14(15(8-12)21(24)25)20-18(22)11-28-19(23)10-13-3-5-16-17(9-13)27-7-6-26-16/h2-5,8-9H,6-7,10-11H2,1H3,(H,20,22). The number of hydrogen-bond donors (Lipinski definition) is 1. The summed E-state index contributed by atoms with van der Waals surface area (Å²) in [6, 6.07) is 9.53. The average molecular weight is 386 g/mol. The summed E-state index contributed by atoms with van der Waals surface area (Å²) in [5.74, 6) is -0.101. The summed E-state index contributed by atoms with van der Waals surface area (Å²) in [4.78, 5) is 34.4. The van der Waals surface area contributed by atoms with Crippen molar-refractivity contribution in [1.82, 2.24) is 0 Å². The minimum atomic E-state index is -0.664. The van der Waals surface area contributed by atoms with Gasteiger partial charge in [0.25, 0.3) is 11.6 Å². The molecular weight excluding hydrogens is 368 g/mol. The predicted octanol–water partition coefficient (Wildman–Crippen LogP) is 2.40. The van der Waals surface area contributed by atoms with Gasteiger partial charge in [-0.1, -0.05) is 12.1 Å². The minimum absolute atomic E-state index is 0.0449. The monoisotopic (exact) mass is 386 g/mol. The molecule has 146 valence electrons. The van der Waals surface area contributed by atoms with Gasteiger partial charge in [0.1, 0.15) is 18.9 Å². The zero-order valence-corrected chi connectivity index (χ0v) is 15.1. The highest BCUT2D eigenvalue weighted by atomic mass is 16.6. The van der Waals surface area contributed by atoms with Crippen molar-refractivity contribution >= 4 is 23.3 Å². The van der Waals surface area contributed by atoms with E-state index in [1.807, 2.05) is 0 Å². The first-order chi connectivity index (χ1) is 13.4. The molecule has 0 atom stereocenters. The topological polar surface area (TPSA) is 117 Å². The van der Waals surface area contributed by atoms with Gasteiger partial charge >= 0.3 is 5.97 Å². The Kier molecular flexibility index (Phi) is 5.73. The van der Waals surface area contributed by atoms with Crippen LogP contribution in [0.1, 0.15) is 11.1 Å². The number of nitro benzene ring substituents is 1. The van der Waals surface area contributed by atoms with Gasteiger partial charge in [0.15, 0.2) is 18.1 Å². The molecule has 0 aromatic heterocycles. The first kappa shape index (κ1) is 19.2. The molecule has 1 aliphatic heterocycles. The SMILES string of the molecule is Cc1ccc(NC(=O)COC(=O)Cc2ccc3c(c2)OCCO3)c([N+](=O)[O-])c1. The predicted molar refractivity (Wildman–Crippen MR) is 98.6 cm³/mol. The second-order valence-corrected chi connectivity index (χ2v) is 6.14. The molecule has 1 N–H and O–H groups in total. The molecule has 1 heterocycles. The summed E-state index contributed by atoms with van der Waals surface area (Å²) in [5.41, 5.74) is 1.17. The fraction of sp³-hybridized carbons (Fsp3) is 0.263. The van der Waals surface area contributed by atoms with Crippen LogP contribution < -0.4 is 14.8 Å². The number of rotatable bonds is 6. The molecule has 9 nitrogen and oxygen atoms in total. The molecule has 2 aromatic carbocycles. The third-order valence-electron chi connectivity index (χ3n) is 3.94. The van der Waals surface area contributed by atoms with Crippen molar-refractivity contribution in [3.8, 4) is 11.5 Å². The molecule has 0 fully saturated rings. The summed E-state index contributed by atoms with van der Waals surface area (Å²) >= 11 is 0. The van der Waals surface area contributed by atoms with E-state index in [2.05, 4.69) is 5.32 Å². The number of hydrogen-bond acceptors (Lipinski definition) is 7. The molecule has 1 amide bonds. The lowest BCUT2D eigenvalue weighted by atomic mass is 10.1. The number of amides is 1. The first-order valence-corrected chi connectivity index (χ1v) is 8.51. The quantitative estimate of drug-likeness (QED) is 0.460. The minimum Gasteiger partial charge on any atom is -0.486 e. The highest BCUT2D eigenvalue weighted by molar-refractivity contribution is 5.95. The fourth-order valence-electron chi connectivity index (χ4n) is 2.65. The number of ether oxygens (including phenoxy) is 3. The molecule has 9 heteroatoms. The number of nitrogens with one attached hydrogen (secondary N) is 1.